The van der Waals surface area contributed by atoms with Crippen LogP contribution in [-0.4, -0.2) is 47.8 Å². The minimum absolute atomic E-state index is 0.0767. The zero-order valence-corrected chi connectivity index (χ0v) is 17.6. The van der Waals surface area contributed by atoms with Crippen molar-refractivity contribution in [3.8, 4) is 11.4 Å². The van der Waals surface area contributed by atoms with E-state index in [-0.39, 0.29) is 17.2 Å². The Labute approximate surface area is 173 Å². The van der Waals surface area contributed by atoms with Gasteiger partial charge in [0.05, 0.1) is 17.1 Å². The minimum atomic E-state index is -0.227. The van der Waals surface area contributed by atoms with Gasteiger partial charge >= 0.3 is 0 Å². The lowest BCUT2D eigenvalue weighted by Gasteiger charge is -2.07. The standard InChI is InChI=1S/C19H25N7O2S/c1-4-5-9-12-20-16(27)13-29-19-21-22-23-25(19)17-14(2)24(3)26(18(17)28)15-10-7-6-8-11-15/h6-8,10-11H,4-5,9,12-13H2,1-3H3,(H,20,27). The van der Waals surface area contributed by atoms with Crippen LogP contribution in [0.4, 0.5) is 0 Å². The highest BCUT2D eigenvalue weighted by Gasteiger charge is 2.22. The Hall–Kier alpha value is -2.88. The van der Waals surface area contributed by atoms with Crippen LogP contribution in [-0.2, 0) is 11.8 Å². The van der Waals surface area contributed by atoms with Crippen LogP contribution in [0.5, 0.6) is 0 Å². The number of hydrogen-bond acceptors (Lipinski definition) is 6. The molecule has 0 saturated carbocycles. The van der Waals surface area contributed by atoms with Crippen molar-refractivity contribution in [3.63, 3.8) is 0 Å². The van der Waals surface area contributed by atoms with Gasteiger partial charge in [-0.05, 0) is 35.9 Å². The molecular weight excluding hydrogens is 390 g/mol. The molecule has 3 aromatic rings. The highest BCUT2D eigenvalue weighted by atomic mass is 32.2. The predicted octanol–water partition coefficient (Wildman–Crippen LogP) is 1.86. The van der Waals surface area contributed by atoms with Crippen molar-refractivity contribution in [1.29, 1.82) is 0 Å². The Kier molecular flexibility index (Phi) is 6.86. The quantitative estimate of drug-likeness (QED) is 0.423. The molecule has 2 heterocycles. The molecule has 0 fully saturated rings. The highest BCUT2D eigenvalue weighted by Crippen LogP contribution is 2.19. The van der Waals surface area contributed by atoms with Gasteiger partial charge in [-0.15, -0.1) is 5.10 Å². The van der Waals surface area contributed by atoms with Crippen LogP contribution in [0.3, 0.4) is 0 Å². The maximum atomic E-state index is 13.1. The summed E-state index contributed by atoms with van der Waals surface area (Å²) in [4.78, 5) is 25.2. The van der Waals surface area contributed by atoms with Crippen LogP contribution in [0.2, 0.25) is 0 Å². The summed E-state index contributed by atoms with van der Waals surface area (Å²) in [6.07, 6.45) is 3.16. The fourth-order valence-electron chi connectivity index (χ4n) is 2.99. The van der Waals surface area contributed by atoms with Crippen molar-refractivity contribution in [1.82, 2.24) is 34.9 Å². The lowest BCUT2D eigenvalue weighted by molar-refractivity contribution is -0.118. The monoisotopic (exact) mass is 415 g/mol. The topological polar surface area (TPSA) is 99.6 Å². The SMILES string of the molecule is CCCCCNC(=O)CSc1nnnn1-c1c(C)n(C)n(-c2ccccc2)c1=O. The largest absolute Gasteiger partial charge is 0.355 e. The molecule has 10 heteroatoms. The van der Waals surface area contributed by atoms with Crippen LogP contribution in [0, 0.1) is 6.92 Å². The lowest BCUT2D eigenvalue weighted by atomic mass is 10.2. The minimum Gasteiger partial charge on any atom is -0.355 e. The molecule has 0 aliphatic carbocycles. The van der Waals surface area contributed by atoms with Gasteiger partial charge in [0.1, 0.15) is 0 Å². The van der Waals surface area contributed by atoms with Gasteiger partial charge in [0.25, 0.3) is 5.56 Å². The molecule has 0 aliphatic heterocycles. The molecule has 1 aromatic carbocycles. The summed E-state index contributed by atoms with van der Waals surface area (Å²) >= 11 is 1.21. The second-order valence-corrected chi connectivity index (χ2v) is 7.57. The van der Waals surface area contributed by atoms with E-state index >= 15 is 0 Å². The molecule has 1 N–H and O–H groups in total. The lowest BCUT2D eigenvalue weighted by Crippen LogP contribution is -2.26. The number of para-hydroxylation sites is 1. The molecule has 1 amide bonds. The van der Waals surface area contributed by atoms with Gasteiger partial charge in [0.2, 0.25) is 11.1 Å². The molecular formula is C19H25N7O2S. The first-order valence-corrected chi connectivity index (χ1v) is 10.6. The van der Waals surface area contributed by atoms with Crippen LogP contribution >= 0.6 is 11.8 Å². The maximum Gasteiger partial charge on any atom is 0.297 e. The van der Waals surface area contributed by atoms with Crippen molar-refractivity contribution >= 4 is 17.7 Å². The highest BCUT2D eigenvalue weighted by molar-refractivity contribution is 7.99. The number of nitrogens with zero attached hydrogens (tertiary/aromatic N) is 6. The summed E-state index contributed by atoms with van der Waals surface area (Å²) < 4.78 is 4.75. The first kappa shape index (κ1) is 20.8. The number of unbranched alkanes of at least 4 members (excludes halogenated alkanes) is 2. The third-order valence-electron chi connectivity index (χ3n) is 4.61. The van der Waals surface area contributed by atoms with Gasteiger partial charge in [0.15, 0.2) is 5.69 Å². The van der Waals surface area contributed by atoms with Crippen LogP contribution in [0.25, 0.3) is 11.4 Å². The average molecular weight is 416 g/mol. The number of aromatic nitrogens is 6. The third-order valence-corrected chi connectivity index (χ3v) is 5.53. The van der Waals surface area contributed by atoms with Gasteiger partial charge in [-0.25, -0.2) is 4.68 Å². The second kappa shape index (κ2) is 9.55. The Bertz CT molecular complexity index is 1020. The molecule has 0 unspecified atom stereocenters. The number of amides is 1. The van der Waals surface area contributed by atoms with E-state index in [1.165, 1.54) is 16.4 Å². The van der Waals surface area contributed by atoms with E-state index in [1.54, 1.807) is 9.36 Å². The van der Waals surface area contributed by atoms with E-state index in [1.807, 2.05) is 44.3 Å². The van der Waals surface area contributed by atoms with Crippen LogP contribution < -0.4 is 10.9 Å². The van der Waals surface area contributed by atoms with Crippen molar-refractivity contribution in [3.05, 3.63) is 46.4 Å². The van der Waals surface area contributed by atoms with Crippen molar-refractivity contribution in [2.75, 3.05) is 12.3 Å². The number of carbonyl (C=O) groups is 1. The van der Waals surface area contributed by atoms with E-state index in [2.05, 4.69) is 27.8 Å². The van der Waals surface area contributed by atoms with E-state index in [0.29, 0.717) is 17.4 Å². The molecule has 0 atom stereocenters. The van der Waals surface area contributed by atoms with Gasteiger partial charge in [-0.3, -0.25) is 14.3 Å². The Morgan fingerprint density at radius 1 is 1.21 bits per heavy atom. The maximum absolute atomic E-state index is 13.1. The molecule has 0 aliphatic rings. The Balaban J connectivity index is 1.81. The normalized spacial score (nSPS) is 11.0. The zero-order chi connectivity index (χ0) is 20.8. The summed E-state index contributed by atoms with van der Waals surface area (Å²) in [7, 11) is 1.81. The fourth-order valence-corrected chi connectivity index (χ4v) is 3.70. The summed E-state index contributed by atoms with van der Waals surface area (Å²) in [5.41, 5.74) is 1.61. The van der Waals surface area contributed by atoms with Crippen molar-refractivity contribution in [2.24, 2.45) is 7.05 Å². The summed E-state index contributed by atoms with van der Waals surface area (Å²) in [6, 6.07) is 9.38. The molecule has 0 radical (unpaired) electrons. The zero-order valence-electron chi connectivity index (χ0n) is 16.8. The summed E-state index contributed by atoms with van der Waals surface area (Å²) in [6.45, 7) is 4.62. The number of tetrazole rings is 1. The van der Waals surface area contributed by atoms with Gasteiger partial charge in [-0.2, -0.15) is 4.68 Å². The summed E-state index contributed by atoms with van der Waals surface area (Å²) in [5.74, 6) is 0.109. The number of hydrogen-bond donors (Lipinski definition) is 1. The summed E-state index contributed by atoms with van der Waals surface area (Å²) in [5, 5.41) is 15.0. The van der Waals surface area contributed by atoms with E-state index in [0.717, 1.165) is 30.6 Å². The van der Waals surface area contributed by atoms with E-state index in [4.69, 9.17) is 0 Å². The van der Waals surface area contributed by atoms with Crippen molar-refractivity contribution in [2.45, 2.75) is 38.3 Å². The van der Waals surface area contributed by atoms with Gasteiger partial charge in [0, 0.05) is 13.6 Å². The number of thioether (sulfide) groups is 1. The molecule has 154 valence electrons. The molecule has 9 nitrogen and oxygen atoms in total. The average Bonchev–Trinajstić information content (AvgIpc) is 3.26. The molecule has 0 spiro atoms. The Morgan fingerprint density at radius 2 is 1.97 bits per heavy atom. The van der Waals surface area contributed by atoms with E-state index < -0.39 is 0 Å². The molecule has 0 bridgehead atoms. The van der Waals surface area contributed by atoms with Crippen LogP contribution in [0.1, 0.15) is 31.9 Å². The van der Waals surface area contributed by atoms with E-state index in [9.17, 15) is 9.59 Å². The molecule has 3 rings (SSSR count). The number of rotatable bonds is 9. The first-order valence-electron chi connectivity index (χ1n) is 9.56. The van der Waals surface area contributed by atoms with Crippen molar-refractivity contribution < 1.29 is 4.79 Å². The third kappa shape index (κ3) is 4.58. The molecule has 29 heavy (non-hydrogen) atoms. The Morgan fingerprint density at radius 3 is 2.69 bits per heavy atom. The number of benzene rings is 1. The van der Waals surface area contributed by atoms with Gasteiger partial charge in [-0.1, -0.05) is 49.7 Å². The fraction of sp³-hybridized carbons (Fsp3) is 0.421. The number of nitrogens with one attached hydrogen (secondary N) is 1. The van der Waals surface area contributed by atoms with Crippen LogP contribution in [0.15, 0.2) is 40.3 Å². The smallest absolute Gasteiger partial charge is 0.297 e. The van der Waals surface area contributed by atoms with Gasteiger partial charge < -0.3 is 5.32 Å². The number of carbonyl (C=O) groups excluding carboxylic acids is 1. The molecule has 0 saturated heterocycles. The first-order chi connectivity index (χ1) is 14.0. The second-order valence-electron chi connectivity index (χ2n) is 6.63. The predicted molar refractivity (Wildman–Crippen MR) is 112 cm³/mol. The molecule has 2 aromatic heterocycles.